The predicted octanol–water partition coefficient (Wildman–Crippen LogP) is 0.871. The Morgan fingerprint density at radius 1 is 1.47 bits per heavy atom. The fourth-order valence-electron chi connectivity index (χ4n) is 2.71. The van der Waals surface area contributed by atoms with Crippen LogP contribution in [0.3, 0.4) is 0 Å². The molecule has 0 amide bonds. The Kier molecular flexibility index (Phi) is 2.83. The summed E-state index contributed by atoms with van der Waals surface area (Å²) in [4.78, 5) is 11.8. The van der Waals surface area contributed by atoms with Crippen molar-refractivity contribution in [2.45, 2.75) is 38.4 Å². The van der Waals surface area contributed by atoms with Gasteiger partial charge < -0.3 is 14.6 Å². The molecule has 1 N–H and O–H groups in total. The molecule has 0 spiro atoms. The zero-order valence-electron chi connectivity index (χ0n) is 9.12. The van der Waals surface area contributed by atoms with Gasteiger partial charge in [0.2, 0.25) is 0 Å². The Bertz CT molecular complexity index is 265. The maximum absolute atomic E-state index is 11.8. The lowest BCUT2D eigenvalue weighted by Gasteiger charge is -2.43. The fourth-order valence-corrected chi connectivity index (χ4v) is 2.71. The first kappa shape index (κ1) is 11.0. The number of Topliss-reactive ketones (excluding diaryl/α,β-unsaturated/α-hetero) is 1. The third kappa shape index (κ3) is 1.51. The number of aliphatic hydroxyl groups excluding tert-OH is 1. The van der Waals surface area contributed by atoms with Crippen LogP contribution in [-0.4, -0.2) is 36.5 Å². The van der Waals surface area contributed by atoms with Crippen LogP contribution in [0.15, 0.2) is 0 Å². The van der Waals surface area contributed by atoms with E-state index in [4.69, 9.17) is 14.6 Å². The van der Waals surface area contributed by atoms with Crippen LogP contribution in [0.25, 0.3) is 0 Å². The average molecular weight is 214 g/mol. The SMILES string of the molecule is C[C@]12CCCC[C@@]1(OCCO)OCC2=O. The van der Waals surface area contributed by atoms with E-state index in [-0.39, 0.29) is 25.6 Å². The molecular weight excluding hydrogens is 196 g/mol. The van der Waals surface area contributed by atoms with Crippen LogP contribution < -0.4 is 0 Å². The summed E-state index contributed by atoms with van der Waals surface area (Å²) < 4.78 is 11.2. The molecule has 1 aliphatic carbocycles. The van der Waals surface area contributed by atoms with E-state index < -0.39 is 11.2 Å². The van der Waals surface area contributed by atoms with E-state index in [1.165, 1.54) is 0 Å². The van der Waals surface area contributed by atoms with Gasteiger partial charge in [-0.25, -0.2) is 0 Å². The van der Waals surface area contributed by atoms with E-state index in [1.54, 1.807) is 0 Å². The van der Waals surface area contributed by atoms with Gasteiger partial charge in [-0.2, -0.15) is 0 Å². The molecule has 1 aliphatic heterocycles. The standard InChI is InChI=1S/C11H18O4/c1-10-4-2-3-5-11(10,14-7-6-12)15-8-9(10)13/h12H,2-8H2,1H3/t10-,11-/m1/s1. The maximum Gasteiger partial charge on any atom is 0.181 e. The van der Waals surface area contributed by atoms with Gasteiger partial charge in [-0.3, -0.25) is 4.79 Å². The van der Waals surface area contributed by atoms with Crippen LogP contribution in [0.4, 0.5) is 0 Å². The Morgan fingerprint density at radius 3 is 2.93 bits per heavy atom. The molecule has 1 saturated heterocycles. The van der Waals surface area contributed by atoms with E-state index in [2.05, 4.69) is 0 Å². The Hall–Kier alpha value is -0.450. The van der Waals surface area contributed by atoms with Crippen molar-refractivity contribution in [3.05, 3.63) is 0 Å². The third-order valence-electron chi connectivity index (χ3n) is 3.75. The van der Waals surface area contributed by atoms with Crippen molar-refractivity contribution in [3.8, 4) is 0 Å². The summed E-state index contributed by atoms with van der Waals surface area (Å²) in [6.07, 6.45) is 3.66. The van der Waals surface area contributed by atoms with Gasteiger partial charge in [0.1, 0.15) is 6.61 Å². The maximum atomic E-state index is 11.8. The van der Waals surface area contributed by atoms with Crippen molar-refractivity contribution < 1.29 is 19.4 Å². The first-order valence-electron chi connectivity index (χ1n) is 5.57. The van der Waals surface area contributed by atoms with Crippen LogP contribution in [0.2, 0.25) is 0 Å². The Morgan fingerprint density at radius 2 is 2.20 bits per heavy atom. The van der Waals surface area contributed by atoms with Crippen molar-refractivity contribution in [1.29, 1.82) is 0 Å². The summed E-state index contributed by atoms with van der Waals surface area (Å²) in [5.74, 6) is -0.620. The number of ketones is 1. The Balaban J connectivity index is 2.21. The number of hydrogen-bond acceptors (Lipinski definition) is 4. The molecule has 0 aromatic carbocycles. The summed E-state index contributed by atoms with van der Waals surface area (Å²) >= 11 is 0. The molecule has 2 fully saturated rings. The lowest BCUT2D eigenvalue weighted by molar-refractivity contribution is -0.271. The van der Waals surface area contributed by atoms with Gasteiger partial charge in [-0.1, -0.05) is 6.42 Å². The van der Waals surface area contributed by atoms with Crippen molar-refractivity contribution in [2.75, 3.05) is 19.8 Å². The van der Waals surface area contributed by atoms with Gasteiger partial charge in [0.25, 0.3) is 0 Å². The second-order valence-electron chi connectivity index (χ2n) is 4.58. The topological polar surface area (TPSA) is 55.8 Å². The van der Waals surface area contributed by atoms with Gasteiger partial charge in [0.15, 0.2) is 11.6 Å². The Labute approximate surface area is 89.6 Å². The van der Waals surface area contributed by atoms with Gasteiger partial charge in [-0.15, -0.1) is 0 Å². The van der Waals surface area contributed by atoms with Crippen molar-refractivity contribution >= 4 is 5.78 Å². The van der Waals surface area contributed by atoms with Gasteiger partial charge in [0.05, 0.1) is 18.6 Å². The first-order chi connectivity index (χ1) is 7.15. The molecular formula is C11H18O4. The minimum absolute atomic E-state index is 0.0324. The zero-order valence-corrected chi connectivity index (χ0v) is 9.12. The van der Waals surface area contributed by atoms with Crippen LogP contribution in [0, 0.1) is 5.41 Å². The van der Waals surface area contributed by atoms with E-state index >= 15 is 0 Å². The van der Waals surface area contributed by atoms with Crippen LogP contribution in [0.5, 0.6) is 0 Å². The zero-order chi connectivity index (χ0) is 10.9. The molecule has 0 radical (unpaired) electrons. The van der Waals surface area contributed by atoms with Crippen molar-refractivity contribution in [2.24, 2.45) is 5.41 Å². The smallest absolute Gasteiger partial charge is 0.181 e. The predicted molar refractivity (Wildman–Crippen MR) is 53.3 cm³/mol. The minimum atomic E-state index is -0.759. The number of hydrogen-bond donors (Lipinski definition) is 1. The highest BCUT2D eigenvalue weighted by atomic mass is 16.7. The highest BCUT2D eigenvalue weighted by Gasteiger charge is 2.60. The van der Waals surface area contributed by atoms with E-state index in [0.717, 1.165) is 25.7 Å². The molecule has 0 aromatic rings. The van der Waals surface area contributed by atoms with Crippen LogP contribution in [0.1, 0.15) is 32.6 Å². The molecule has 2 rings (SSSR count). The molecule has 0 bridgehead atoms. The number of carbonyl (C=O) groups is 1. The monoisotopic (exact) mass is 214 g/mol. The van der Waals surface area contributed by atoms with Crippen molar-refractivity contribution in [1.82, 2.24) is 0 Å². The molecule has 0 unspecified atom stereocenters. The normalized spacial score (nSPS) is 40.5. The summed E-state index contributed by atoms with van der Waals surface area (Å²) in [7, 11) is 0. The molecule has 15 heavy (non-hydrogen) atoms. The molecule has 86 valence electrons. The third-order valence-corrected chi connectivity index (χ3v) is 3.75. The molecule has 4 nitrogen and oxygen atoms in total. The van der Waals surface area contributed by atoms with Gasteiger partial charge in [-0.05, 0) is 19.8 Å². The van der Waals surface area contributed by atoms with Gasteiger partial charge in [0, 0.05) is 6.42 Å². The lowest BCUT2D eigenvalue weighted by Crippen LogP contribution is -2.51. The minimum Gasteiger partial charge on any atom is -0.394 e. The number of fused-ring (bicyclic) bond motifs is 1. The molecule has 2 atom stereocenters. The largest absolute Gasteiger partial charge is 0.394 e. The van der Waals surface area contributed by atoms with E-state index in [0.29, 0.717) is 0 Å². The molecule has 2 aliphatic rings. The van der Waals surface area contributed by atoms with Crippen LogP contribution in [-0.2, 0) is 14.3 Å². The second kappa shape index (κ2) is 3.85. The summed E-state index contributed by atoms with van der Waals surface area (Å²) in [6, 6.07) is 0. The number of rotatable bonds is 3. The van der Waals surface area contributed by atoms with Gasteiger partial charge >= 0.3 is 0 Å². The molecule has 0 aromatic heterocycles. The molecule has 1 heterocycles. The quantitative estimate of drug-likeness (QED) is 0.757. The number of aliphatic hydroxyl groups is 1. The highest BCUT2D eigenvalue weighted by molar-refractivity contribution is 5.88. The summed E-state index contributed by atoms with van der Waals surface area (Å²) in [6.45, 7) is 2.29. The van der Waals surface area contributed by atoms with Crippen molar-refractivity contribution in [3.63, 3.8) is 0 Å². The van der Waals surface area contributed by atoms with Crippen LogP contribution >= 0.6 is 0 Å². The second-order valence-corrected chi connectivity index (χ2v) is 4.58. The number of ether oxygens (including phenoxy) is 2. The lowest BCUT2D eigenvalue weighted by atomic mass is 9.69. The van der Waals surface area contributed by atoms with E-state index in [9.17, 15) is 4.79 Å². The molecule has 1 saturated carbocycles. The average Bonchev–Trinajstić information content (AvgIpc) is 2.51. The number of carbonyl (C=O) groups excluding carboxylic acids is 1. The summed E-state index contributed by atoms with van der Waals surface area (Å²) in [5.41, 5.74) is -0.500. The molecule has 4 heteroatoms. The fraction of sp³-hybridized carbons (Fsp3) is 0.909. The first-order valence-corrected chi connectivity index (χ1v) is 5.57. The van der Waals surface area contributed by atoms with E-state index in [1.807, 2.05) is 6.92 Å². The highest BCUT2D eigenvalue weighted by Crippen LogP contribution is 2.51. The summed E-state index contributed by atoms with van der Waals surface area (Å²) in [5, 5.41) is 8.80.